The van der Waals surface area contributed by atoms with Gasteiger partial charge in [0.2, 0.25) is 0 Å². The molecule has 8 nitrogen and oxygen atoms in total. The Bertz CT molecular complexity index is 55.1. The maximum absolute atomic E-state index is 7.33. The molecule has 0 bridgehead atoms. The first-order valence-corrected chi connectivity index (χ1v) is 5.37. The van der Waals surface area contributed by atoms with Gasteiger partial charge in [-0.25, -0.2) is 0 Å². The molecule has 0 aliphatic heterocycles. The van der Waals surface area contributed by atoms with E-state index in [1.807, 2.05) is 0 Å². The fourth-order valence-corrected chi connectivity index (χ4v) is 0. The first-order valence-electron chi connectivity index (χ1n) is 1.79. The van der Waals surface area contributed by atoms with Crippen molar-refractivity contribution in [1.82, 2.24) is 0 Å². The minimum absolute atomic E-state index is 0. The first kappa shape index (κ1) is 17.7. The Morgan fingerprint density at radius 1 is 0.455 bits per heavy atom. The summed E-state index contributed by atoms with van der Waals surface area (Å²) in [6.07, 6.45) is 0. The van der Waals surface area contributed by atoms with E-state index in [1.54, 1.807) is 0 Å². The van der Waals surface area contributed by atoms with Crippen LogP contribution < -0.4 is 0 Å². The summed E-state index contributed by atoms with van der Waals surface area (Å²) in [4.78, 5) is 58.6. The van der Waals surface area contributed by atoms with Crippen molar-refractivity contribution < 1.29 is 56.9 Å². The second-order valence-corrected chi connectivity index (χ2v) is 3.60. The summed E-state index contributed by atoms with van der Waals surface area (Å²) in [6, 6.07) is 0. The summed E-state index contributed by atoms with van der Waals surface area (Å²) < 4.78 is 0. The van der Waals surface area contributed by atoms with E-state index in [-0.39, 0.29) is 18.6 Å². The predicted molar refractivity (Wildman–Crippen MR) is 29.3 cm³/mol. The van der Waals surface area contributed by atoms with E-state index in [0.29, 0.717) is 0 Å². The molecule has 0 aliphatic rings. The smallest absolute Gasteiger partial charge is 0.368 e. The zero-order chi connectivity index (χ0) is 9.00. The monoisotopic (exact) mass is 243 g/mol. The quantitative estimate of drug-likeness (QED) is 0.196. The Kier molecular flexibility index (Phi) is 10.0. The SMILES string of the molecule is O[Si](O)(O)O.O[Si](O)(O)O.[V]. The van der Waals surface area contributed by atoms with Crippen LogP contribution in [-0.4, -0.2) is 56.5 Å². The van der Waals surface area contributed by atoms with Crippen LogP contribution >= 0.6 is 0 Å². The van der Waals surface area contributed by atoms with E-state index in [4.69, 9.17) is 38.4 Å². The van der Waals surface area contributed by atoms with Gasteiger partial charge >= 0.3 is 18.1 Å². The second kappa shape index (κ2) is 6.24. The van der Waals surface area contributed by atoms with Gasteiger partial charge in [0.25, 0.3) is 0 Å². The average Bonchev–Trinajstić information content (AvgIpc) is 1.12. The molecule has 0 aromatic heterocycles. The second-order valence-electron chi connectivity index (χ2n) is 1.20. The summed E-state index contributed by atoms with van der Waals surface area (Å²) in [5.41, 5.74) is 0. The topological polar surface area (TPSA) is 162 Å². The van der Waals surface area contributed by atoms with Crippen LogP contribution in [0.2, 0.25) is 0 Å². The molecule has 0 heterocycles. The number of hydrogen-bond donors (Lipinski definition) is 8. The van der Waals surface area contributed by atoms with E-state index < -0.39 is 18.1 Å². The third-order valence-electron chi connectivity index (χ3n) is 0. The van der Waals surface area contributed by atoms with Crippen LogP contribution in [0.15, 0.2) is 0 Å². The molecule has 0 fully saturated rings. The van der Waals surface area contributed by atoms with Crippen molar-refractivity contribution in [2.45, 2.75) is 0 Å². The number of hydrogen-bond acceptors (Lipinski definition) is 8. The maximum Gasteiger partial charge on any atom is 0.668 e. The van der Waals surface area contributed by atoms with Crippen molar-refractivity contribution in [3.8, 4) is 0 Å². The van der Waals surface area contributed by atoms with Crippen molar-refractivity contribution >= 4 is 18.1 Å². The Balaban J connectivity index is -0.000000107. The van der Waals surface area contributed by atoms with Gasteiger partial charge in [0.1, 0.15) is 0 Å². The average molecular weight is 243 g/mol. The van der Waals surface area contributed by atoms with Crippen LogP contribution in [0, 0.1) is 0 Å². The minimum atomic E-state index is -4.61. The van der Waals surface area contributed by atoms with Crippen molar-refractivity contribution in [1.29, 1.82) is 0 Å². The molecule has 0 saturated heterocycles. The fourth-order valence-electron chi connectivity index (χ4n) is 0. The van der Waals surface area contributed by atoms with Gasteiger partial charge in [-0.1, -0.05) is 0 Å². The molecule has 1 radical (unpaired) electrons. The molecule has 0 amide bonds. The number of rotatable bonds is 0. The van der Waals surface area contributed by atoms with Crippen molar-refractivity contribution in [3.05, 3.63) is 0 Å². The van der Waals surface area contributed by atoms with Gasteiger partial charge in [0.05, 0.1) is 0 Å². The molecule has 0 unspecified atom stereocenters. The van der Waals surface area contributed by atoms with E-state index in [9.17, 15) is 0 Å². The largest absolute Gasteiger partial charge is 0.668 e. The first-order chi connectivity index (χ1) is 4.00. The molecule has 11 heteroatoms. The molecule has 0 rings (SSSR count). The summed E-state index contributed by atoms with van der Waals surface area (Å²) in [5.74, 6) is 0. The molecule has 0 saturated carbocycles. The molecule has 69 valence electrons. The van der Waals surface area contributed by atoms with Crippen LogP contribution in [0.1, 0.15) is 0 Å². The van der Waals surface area contributed by atoms with Gasteiger partial charge in [-0.2, -0.15) is 0 Å². The minimum Gasteiger partial charge on any atom is -0.368 e. The van der Waals surface area contributed by atoms with E-state index in [2.05, 4.69) is 0 Å². The van der Waals surface area contributed by atoms with E-state index >= 15 is 0 Å². The summed E-state index contributed by atoms with van der Waals surface area (Å²) >= 11 is 0. The summed E-state index contributed by atoms with van der Waals surface area (Å²) in [7, 11) is -9.22. The fraction of sp³-hybridized carbons (Fsp3) is 0. The summed E-state index contributed by atoms with van der Waals surface area (Å²) in [6.45, 7) is 0. The Hall–Kier alpha value is 0.698. The standard InChI is InChI=1S/2H4O4Si.V/c2*1-5(2,3)4;/h2*1-4H;. The third kappa shape index (κ3) is 1660. The van der Waals surface area contributed by atoms with Crippen LogP contribution in [0.4, 0.5) is 0 Å². The molecular weight excluding hydrogens is 235 g/mol. The zero-order valence-electron chi connectivity index (χ0n) is 5.02. The van der Waals surface area contributed by atoms with Crippen molar-refractivity contribution in [2.24, 2.45) is 0 Å². The molecule has 0 aromatic rings. The maximum atomic E-state index is 7.33. The molecule has 0 spiro atoms. The van der Waals surface area contributed by atoms with Crippen molar-refractivity contribution in [3.63, 3.8) is 0 Å². The normalized spacial score (nSPS) is 10.9. The molecule has 0 aliphatic carbocycles. The van der Waals surface area contributed by atoms with Crippen LogP contribution in [0.5, 0.6) is 0 Å². The third-order valence-corrected chi connectivity index (χ3v) is 0. The van der Waals surface area contributed by atoms with Crippen LogP contribution in [-0.2, 0) is 18.6 Å². The van der Waals surface area contributed by atoms with Gasteiger partial charge in [-0.3, -0.25) is 0 Å². The van der Waals surface area contributed by atoms with Gasteiger partial charge in [0.15, 0.2) is 0 Å². The van der Waals surface area contributed by atoms with Gasteiger partial charge in [-0.05, 0) is 0 Å². The summed E-state index contributed by atoms with van der Waals surface area (Å²) in [5, 5.41) is 0. The molecule has 0 atom stereocenters. The van der Waals surface area contributed by atoms with Crippen LogP contribution in [0.25, 0.3) is 0 Å². The van der Waals surface area contributed by atoms with Gasteiger partial charge in [-0.15, -0.1) is 0 Å². The predicted octanol–water partition coefficient (Wildman–Crippen LogP) is -5.22. The van der Waals surface area contributed by atoms with E-state index in [1.165, 1.54) is 0 Å². The Morgan fingerprint density at radius 3 is 0.455 bits per heavy atom. The molecule has 11 heavy (non-hydrogen) atoms. The zero-order valence-corrected chi connectivity index (χ0v) is 8.42. The van der Waals surface area contributed by atoms with E-state index in [0.717, 1.165) is 0 Å². The van der Waals surface area contributed by atoms with Gasteiger partial charge < -0.3 is 38.4 Å². The van der Waals surface area contributed by atoms with Crippen molar-refractivity contribution in [2.75, 3.05) is 0 Å². The van der Waals surface area contributed by atoms with Gasteiger partial charge in [0, 0.05) is 18.6 Å². The molecule has 8 N–H and O–H groups in total. The Morgan fingerprint density at radius 2 is 0.455 bits per heavy atom. The molecular formula is H8O8Si2V. The van der Waals surface area contributed by atoms with Crippen LogP contribution in [0.3, 0.4) is 0 Å². The molecule has 0 aromatic carbocycles. The Labute approximate surface area is 75.5 Å².